The molecule has 5 nitrogen and oxygen atoms in total. The SMILES string of the molecule is CC(C)COC(=O)Nc1ccncc1N. The standard InChI is InChI=1S/C10H15N3O2/c1-7(2)6-15-10(14)13-9-3-4-12-5-8(9)11/h3-5,7H,6,11H2,1-2H3,(H,12,13,14). The smallest absolute Gasteiger partial charge is 0.411 e. The lowest BCUT2D eigenvalue weighted by molar-refractivity contribution is 0.147. The van der Waals surface area contributed by atoms with Crippen LogP contribution in [-0.4, -0.2) is 17.7 Å². The molecule has 0 spiro atoms. The predicted molar refractivity (Wildman–Crippen MR) is 58.5 cm³/mol. The van der Waals surface area contributed by atoms with Crippen molar-refractivity contribution in [1.29, 1.82) is 0 Å². The Bertz CT molecular complexity index is 339. The Morgan fingerprint density at radius 1 is 1.67 bits per heavy atom. The van der Waals surface area contributed by atoms with Gasteiger partial charge in [0.15, 0.2) is 0 Å². The summed E-state index contributed by atoms with van der Waals surface area (Å²) in [5.74, 6) is 0.311. The number of nitrogens with one attached hydrogen (secondary N) is 1. The second-order valence-electron chi connectivity index (χ2n) is 3.58. The van der Waals surface area contributed by atoms with Gasteiger partial charge < -0.3 is 10.5 Å². The molecule has 1 rings (SSSR count). The van der Waals surface area contributed by atoms with Crippen LogP contribution in [0.4, 0.5) is 16.2 Å². The molecule has 0 aliphatic carbocycles. The van der Waals surface area contributed by atoms with Crippen LogP contribution in [0.2, 0.25) is 0 Å². The van der Waals surface area contributed by atoms with E-state index in [0.717, 1.165) is 0 Å². The first kappa shape index (κ1) is 11.3. The zero-order valence-electron chi connectivity index (χ0n) is 8.86. The van der Waals surface area contributed by atoms with E-state index in [1.54, 1.807) is 12.3 Å². The Balaban J connectivity index is 2.48. The quantitative estimate of drug-likeness (QED) is 0.796. The van der Waals surface area contributed by atoms with Gasteiger partial charge in [-0.25, -0.2) is 4.79 Å². The van der Waals surface area contributed by atoms with Gasteiger partial charge >= 0.3 is 6.09 Å². The molecule has 5 heteroatoms. The van der Waals surface area contributed by atoms with Crippen LogP contribution in [0.15, 0.2) is 18.5 Å². The van der Waals surface area contributed by atoms with Gasteiger partial charge in [0.2, 0.25) is 0 Å². The molecule has 1 aromatic rings. The summed E-state index contributed by atoms with van der Waals surface area (Å²) in [5, 5.41) is 2.54. The Morgan fingerprint density at radius 3 is 3.00 bits per heavy atom. The van der Waals surface area contributed by atoms with Gasteiger partial charge in [0, 0.05) is 6.20 Å². The average Bonchev–Trinajstić information content (AvgIpc) is 2.18. The highest BCUT2D eigenvalue weighted by Crippen LogP contribution is 2.15. The molecular weight excluding hydrogens is 194 g/mol. The normalized spacial score (nSPS) is 10.1. The molecule has 1 amide bonds. The summed E-state index contributed by atoms with van der Waals surface area (Å²) in [6, 6.07) is 1.62. The number of nitrogens with two attached hydrogens (primary N) is 1. The number of nitrogen functional groups attached to an aromatic ring is 1. The highest BCUT2D eigenvalue weighted by Gasteiger charge is 2.06. The van der Waals surface area contributed by atoms with Crippen LogP contribution in [0, 0.1) is 5.92 Å². The molecule has 0 saturated carbocycles. The van der Waals surface area contributed by atoms with Gasteiger partial charge in [-0.2, -0.15) is 0 Å². The number of hydrogen-bond acceptors (Lipinski definition) is 4. The maximum atomic E-state index is 11.3. The van der Waals surface area contributed by atoms with Crippen LogP contribution >= 0.6 is 0 Å². The van der Waals surface area contributed by atoms with Crippen molar-refractivity contribution in [2.75, 3.05) is 17.7 Å². The summed E-state index contributed by atoms with van der Waals surface area (Å²) in [6.07, 6.45) is 2.52. The summed E-state index contributed by atoms with van der Waals surface area (Å²) in [7, 11) is 0. The minimum atomic E-state index is -0.499. The van der Waals surface area contributed by atoms with Crippen LogP contribution in [-0.2, 0) is 4.74 Å². The maximum Gasteiger partial charge on any atom is 0.411 e. The van der Waals surface area contributed by atoms with E-state index in [2.05, 4.69) is 10.3 Å². The topological polar surface area (TPSA) is 77.2 Å². The third-order valence-corrected chi connectivity index (χ3v) is 1.64. The van der Waals surface area contributed by atoms with Crippen molar-refractivity contribution in [3.63, 3.8) is 0 Å². The van der Waals surface area contributed by atoms with Crippen molar-refractivity contribution in [3.05, 3.63) is 18.5 Å². The molecule has 3 N–H and O–H groups in total. The van der Waals surface area contributed by atoms with Crippen molar-refractivity contribution < 1.29 is 9.53 Å². The number of aromatic nitrogens is 1. The van der Waals surface area contributed by atoms with Crippen molar-refractivity contribution in [2.45, 2.75) is 13.8 Å². The van der Waals surface area contributed by atoms with E-state index in [4.69, 9.17) is 10.5 Å². The number of ether oxygens (including phenoxy) is 1. The number of pyridine rings is 1. The van der Waals surface area contributed by atoms with Gasteiger partial charge in [0.25, 0.3) is 0 Å². The fourth-order valence-corrected chi connectivity index (χ4v) is 0.909. The number of nitrogens with zero attached hydrogens (tertiary/aromatic N) is 1. The van der Waals surface area contributed by atoms with Gasteiger partial charge in [-0.05, 0) is 12.0 Å². The number of rotatable bonds is 3. The Morgan fingerprint density at radius 2 is 2.40 bits per heavy atom. The number of anilines is 2. The molecule has 1 aromatic heterocycles. The lowest BCUT2D eigenvalue weighted by Crippen LogP contribution is -2.17. The van der Waals surface area contributed by atoms with Crippen molar-refractivity contribution >= 4 is 17.5 Å². The second kappa shape index (κ2) is 5.19. The van der Waals surface area contributed by atoms with Crippen LogP contribution in [0.3, 0.4) is 0 Å². The molecular formula is C10H15N3O2. The van der Waals surface area contributed by atoms with Gasteiger partial charge in [0.1, 0.15) is 0 Å². The second-order valence-corrected chi connectivity index (χ2v) is 3.58. The monoisotopic (exact) mass is 209 g/mol. The number of carbonyl (C=O) groups is 1. The molecule has 0 radical (unpaired) electrons. The van der Waals surface area contributed by atoms with Gasteiger partial charge in [0.05, 0.1) is 24.2 Å². The van der Waals surface area contributed by atoms with E-state index < -0.39 is 6.09 Å². The van der Waals surface area contributed by atoms with Gasteiger partial charge in [-0.1, -0.05) is 13.8 Å². The Labute approximate surface area is 88.6 Å². The Kier molecular flexibility index (Phi) is 3.91. The molecule has 0 unspecified atom stereocenters. The minimum absolute atomic E-state index is 0.311. The summed E-state index contributed by atoms with van der Waals surface area (Å²) >= 11 is 0. The zero-order valence-corrected chi connectivity index (χ0v) is 8.86. The predicted octanol–water partition coefficient (Wildman–Crippen LogP) is 1.87. The maximum absolute atomic E-state index is 11.3. The third kappa shape index (κ3) is 3.84. The molecule has 82 valence electrons. The lowest BCUT2D eigenvalue weighted by Gasteiger charge is -2.09. The van der Waals surface area contributed by atoms with Gasteiger partial charge in [-0.15, -0.1) is 0 Å². The van der Waals surface area contributed by atoms with Crippen molar-refractivity contribution in [1.82, 2.24) is 4.98 Å². The number of hydrogen-bond donors (Lipinski definition) is 2. The summed E-state index contributed by atoms with van der Waals surface area (Å²) in [6.45, 7) is 4.32. The molecule has 0 saturated heterocycles. The molecule has 1 heterocycles. The molecule has 0 fully saturated rings. The summed E-state index contributed by atoms with van der Waals surface area (Å²) in [4.78, 5) is 15.1. The molecule has 0 aromatic carbocycles. The zero-order chi connectivity index (χ0) is 11.3. The molecule has 0 atom stereocenters. The van der Waals surface area contributed by atoms with Crippen LogP contribution in [0.1, 0.15) is 13.8 Å². The van der Waals surface area contributed by atoms with E-state index in [-0.39, 0.29) is 0 Å². The third-order valence-electron chi connectivity index (χ3n) is 1.64. The van der Waals surface area contributed by atoms with E-state index in [1.807, 2.05) is 13.8 Å². The fraction of sp³-hybridized carbons (Fsp3) is 0.400. The summed E-state index contributed by atoms with van der Waals surface area (Å²) in [5.41, 5.74) is 6.52. The number of carbonyl (C=O) groups excluding carboxylic acids is 1. The first-order chi connectivity index (χ1) is 7.09. The average molecular weight is 209 g/mol. The molecule has 15 heavy (non-hydrogen) atoms. The highest BCUT2D eigenvalue weighted by molar-refractivity contribution is 5.88. The number of amides is 1. The van der Waals surface area contributed by atoms with E-state index in [1.165, 1.54) is 6.20 Å². The summed E-state index contributed by atoms with van der Waals surface area (Å²) < 4.78 is 4.94. The largest absolute Gasteiger partial charge is 0.449 e. The van der Waals surface area contributed by atoms with E-state index in [0.29, 0.717) is 23.9 Å². The molecule has 0 aliphatic rings. The first-order valence-corrected chi connectivity index (χ1v) is 4.73. The van der Waals surface area contributed by atoms with Crippen LogP contribution in [0.25, 0.3) is 0 Å². The van der Waals surface area contributed by atoms with Crippen LogP contribution < -0.4 is 11.1 Å². The Hall–Kier alpha value is -1.78. The lowest BCUT2D eigenvalue weighted by atomic mass is 10.2. The van der Waals surface area contributed by atoms with Gasteiger partial charge in [-0.3, -0.25) is 10.3 Å². The van der Waals surface area contributed by atoms with Crippen molar-refractivity contribution in [2.24, 2.45) is 5.92 Å². The minimum Gasteiger partial charge on any atom is -0.449 e. The molecule has 0 bridgehead atoms. The van der Waals surface area contributed by atoms with E-state index >= 15 is 0 Å². The van der Waals surface area contributed by atoms with E-state index in [9.17, 15) is 4.79 Å². The molecule has 0 aliphatic heterocycles. The first-order valence-electron chi connectivity index (χ1n) is 4.73. The van der Waals surface area contributed by atoms with Crippen LogP contribution in [0.5, 0.6) is 0 Å². The highest BCUT2D eigenvalue weighted by atomic mass is 16.5. The van der Waals surface area contributed by atoms with Crippen molar-refractivity contribution in [3.8, 4) is 0 Å². The fourth-order valence-electron chi connectivity index (χ4n) is 0.909.